The van der Waals surface area contributed by atoms with Gasteiger partial charge in [0, 0.05) is 46.6 Å². The van der Waals surface area contributed by atoms with Crippen molar-refractivity contribution in [3.63, 3.8) is 0 Å². The van der Waals surface area contributed by atoms with Crippen LogP contribution in [0.5, 0.6) is 0 Å². The predicted molar refractivity (Wildman–Crippen MR) is 135 cm³/mol. The number of carbonyl (C=O) groups is 3. The fourth-order valence-corrected chi connectivity index (χ4v) is 5.09. The molecule has 0 unspecified atom stereocenters. The summed E-state index contributed by atoms with van der Waals surface area (Å²) in [7, 11) is 1.11. The average Bonchev–Trinajstić information content (AvgIpc) is 3.30. The molecule has 0 aromatic heterocycles. The minimum Gasteiger partial charge on any atom is -0.453 e. The molecule has 1 saturated carbocycles. The molecule has 1 N–H and O–H groups in total. The Morgan fingerprint density at radius 2 is 1.95 bits per heavy atom. The van der Waals surface area contributed by atoms with E-state index in [1.54, 1.807) is 12.1 Å². The van der Waals surface area contributed by atoms with Gasteiger partial charge in [-0.25, -0.2) is 18.0 Å². The number of nitrogens with zero attached hydrogens (tertiary/aromatic N) is 5. The van der Waals surface area contributed by atoms with Crippen molar-refractivity contribution < 1.29 is 32.3 Å². The maximum absolute atomic E-state index is 14.4. The van der Waals surface area contributed by atoms with Gasteiger partial charge in [-0.1, -0.05) is 41.0 Å². The Bertz CT molecular complexity index is 1320. The molecule has 1 saturated heterocycles. The van der Waals surface area contributed by atoms with Gasteiger partial charge >= 0.3 is 6.09 Å². The van der Waals surface area contributed by atoms with E-state index in [0.29, 0.717) is 0 Å². The summed E-state index contributed by atoms with van der Waals surface area (Å²) in [5.41, 5.74) is 9.01. The zero-order chi connectivity index (χ0) is 28.3. The molecule has 1 aliphatic carbocycles. The fourth-order valence-electron chi connectivity index (χ4n) is 4.85. The third-order valence-electron chi connectivity index (χ3n) is 6.65. The number of halogens is 4. The van der Waals surface area contributed by atoms with Crippen LogP contribution in [0.1, 0.15) is 30.9 Å². The predicted octanol–water partition coefficient (Wildman–Crippen LogP) is 4.99. The number of azide groups is 1. The summed E-state index contributed by atoms with van der Waals surface area (Å²) < 4.78 is 46.2. The molecule has 14 heteroatoms. The highest BCUT2D eigenvalue weighted by Crippen LogP contribution is 2.39. The van der Waals surface area contributed by atoms with Crippen LogP contribution in [0, 0.1) is 5.82 Å². The highest BCUT2D eigenvalue weighted by molar-refractivity contribution is 6.31. The second kappa shape index (κ2) is 11.4. The molecule has 0 spiro atoms. The molecular weight excluding hydrogens is 541 g/mol. The summed E-state index contributed by atoms with van der Waals surface area (Å²) >= 11 is 6.43. The molecule has 2 aliphatic rings. The monoisotopic (exact) mass is 564 g/mol. The molecule has 39 heavy (non-hydrogen) atoms. The maximum Gasteiger partial charge on any atom is 0.410 e. The molecule has 206 valence electrons. The van der Waals surface area contributed by atoms with Gasteiger partial charge < -0.3 is 10.1 Å². The third kappa shape index (κ3) is 6.04. The fraction of sp³-hybridized carbons (Fsp3) is 0.400. The number of amides is 3. The first-order valence-corrected chi connectivity index (χ1v) is 12.3. The molecule has 3 amide bonds. The molecule has 1 aliphatic heterocycles. The Labute approximate surface area is 226 Å². The van der Waals surface area contributed by atoms with E-state index >= 15 is 0 Å². The molecule has 2 aromatic carbocycles. The first kappa shape index (κ1) is 28.1. The molecule has 2 fully saturated rings. The van der Waals surface area contributed by atoms with Crippen molar-refractivity contribution in [2.75, 3.05) is 18.6 Å². The van der Waals surface area contributed by atoms with Crippen molar-refractivity contribution in [1.82, 2.24) is 10.2 Å². The van der Waals surface area contributed by atoms with Gasteiger partial charge in [0.05, 0.1) is 13.2 Å². The summed E-state index contributed by atoms with van der Waals surface area (Å²) in [4.78, 5) is 45.2. The van der Waals surface area contributed by atoms with E-state index < -0.39 is 66.7 Å². The SMILES string of the molecule is COC(=O)N1C[C@H](N=[N+]=[N-])C[C@H]1C(=O)N(c1cccc(F)c1)[C@H](C(=O)NC1CC(F)(F)C1)c1ccccc1Cl. The van der Waals surface area contributed by atoms with Crippen molar-refractivity contribution in [2.45, 2.75) is 49.4 Å². The van der Waals surface area contributed by atoms with Crippen molar-refractivity contribution in [2.24, 2.45) is 5.11 Å². The summed E-state index contributed by atoms with van der Waals surface area (Å²) in [5.74, 6) is -5.28. The first-order chi connectivity index (χ1) is 18.5. The number of anilines is 1. The van der Waals surface area contributed by atoms with Gasteiger partial charge in [-0.15, -0.1) is 0 Å². The quantitative estimate of drug-likeness (QED) is 0.289. The maximum atomic E-state index is 14.4. The van der Waals surface area contributed by atoms with Gasteiger partial charge in [-0.05, 0) is 36.2 Å². The topological polar surface area (TPSA) is 128 Å². The van der Waals surface area contributed by atoms with Gasteiger partial charge in [0.15, 0.2) is 0 Å². The van der Waals surface area contributed by atoms with Crippen molar-refractivity contribution in [3.05, 3.63) is 75.4 Å². The van der Waals surface area contributed by atoms with E-state index in [4.69, 9.17) is 21.9 Å². The van der Waals surface area contributed by atoms with Crippen LogP contribution >= 0.6 is 11.6 Å². The van der Waals surface area contributed by atoms with Crippen LogP contribution in [-0.2, 0) is 14.3 Å². The number of hydrogen-bond acceptors (Lipinski definition) is 5. The molecule has 0 bridgehead atoms. The molecular formula is C25H24ClF3N6O4. The third-order valence-corrected chi connectivity index (χ3v) is 7.00. The Hall–Kier alpha value is -3.96. The lowest BCUT2D eigenvalue weighted by Crippen LogP contribution is -2.56. The second-order valence-electron chi connectivity index (χ2n) is 9.31. The number of likely N-dealkylation sites (tertiary alicyclic amines) is 1. The van der Waals surface area contributed by atoms with Crippen LogP contribution in [-0.4, -0.2) is 60.5 Å². The zero-order valence-electron chi connectivity index (χ0n) is 20.6. The second-order valence-corrected chi connectivity index (χ2v) is 9.72. The van der Waals surface area contributed by atoms with Crippen molar-refractivity contribution in [1.29, 1.82) is 0 Å². The number of benzene rings is 2. The number of hydrogen-bond donors (Lipinski definition) is 1. The number of carbonyl (C=O) groups excluding carboxylic acids is 3. The Kier molecular flexibility index (Phi) is 8.22. The number of alkyl halides is 2. The highest BCUT2D eigenvalue weighted by atomic mass is 35.5. The lowest BCUT2D eigenvalue weighted by molar-refractivity contribution is -0.133. The van der Waals surface area contributed by atoms with Gasteiger partial charge in [0.2, 0.25) is 5.91 Å². The van der Waals surface area contributed by atoms with E-state index in [0.717, 1.165) is 29.0 Å². The summed E-state index contributed by atoms with van der Waals surface area (Å²) in [6.07, 6.45) is -2.13. The van der Waals surface area contributed by atoms with Crippen LogP contribution in [0.4, 0.5) is 23.7 Å². The number of nitrogens with one attached hydrogen (secondary N) is 1. The van der Waals surface area contributed by atoms with Crippen molar-refractivity contribution >= 4 is 35.2 Å². The van der Waals surface area contributed by atoms with Crippen LogP contribution in [0.25, 0.3) is 10.4 Å². The number of methoxy groups -OCH3 is 1. The largest absolute Gasteiger partial charge is 0.453 e. The minimum absolute atomic E-state index is 0.0453. The van der Waals surface area contributed by atoms with Crippen molar-refractivity contribution in [3.8, 4) is 0 Å². The van der Waals surface area contributed by atoms with Crippen LogP contribution in [0.15, 0.2) is 53.6 Å². The minimum atomic E-state index is -2.92. The zero-order valence-corrected chi connectivity index (χ0v) is 21.4. The summed E-state index contributed by atoms with van der Waals surface area (Å²) in [6.45, 7) is -0.135. The van der Waals surface area contributed by atoms with Crippen LogP contribution in [0.2, 0.25) is 5.02 Å². The molecule has 2 aromatic rings. The Balaban J connectivity index is 1.82. The van der Waals surface area contributed by atoms with E-state index in [2.05, 4.69) is 15.3 Å². The summed E-state index contributed by atoms with van der Waals surface area (Å²) in [6, 6.07) is 6.60. The Morgan fingerprint density at radius 1 is 1.23 bits per heavy atom. The lowest BCUT2D eigenvalue weighted by atomic mass is 9.87. The van der Waals surface area contributed by atoms with E-state index in [9.17, 15) is 27.6 Å². The van der Waals surface area contributed by atoms with Gasteiger partial charge in [0.25, 0.3) is 11.8 Å². The van der Waals surface area contributed by atoms with Crippen LogP contribution in [0.3, 0.4) is 0 Å². The van der Waals surface area contributed by atoms with Gasteiger partial charge in [-0.2, -0.15) is 0 Å². The van der Waals surface area contributed by atoms with Crippen LogP contribution < -0.4 is 10.2 Å². The highest BCUT2D eigenvalue weighted by Gasteiger charge is 2.49. The average molecular weight is 565 g/mol. The normalized spacial score (nSPS) is 20.8. The lowest BCUT2D eigenvalue weighted by Gasteiger charge is -2.39. The number of rotatable bonds is 7. The molecule has 4 rings (SSSR count). The molecule has 3 atom stereocenters. The standard InChI is InChI=1S/C25H24ClF3N6O4/c1-39-24(38)34-13-15(32-33-30)10-20(34)23(37)35(17-6-4-5-14(27)9-17)21(18-7-2-3-8-19(18)26)22(36)31-16-11-25(28,29)12-16/h2-9,15-16,20-21H,10-13H2,1H3,(H,31,36)/t15-,20+,21+/m1/s1. The van der Waals surface area contributed by atoms with E-state index in [1.807, 2.05) is 0 Å². The smallest absolute Gasteiger partial charge is 0.410 e. The van der Waals surface area contributed by atoms with Gasteiger partial charge in [0.1, 0.15) is 17.9 Å². The summed E-state index contributed by atoms with van der Waals surface area (Å²) in [5, 5.41) is 6.26. The Morgan fingerprint density at radius 3 is 2.56 bits per heavy atom. The van der Waals surface area contributed by atoms with E-state index in [1.165, 1.54) is 24.3 Å². The number of ether oxygens (including phenoxy) is 1. The molecule has 0 radical (unpaired) electrons. The molecule has 1 heterocycles. The molecule has 10 nitrogen and oxygen atoms in total. The van der Waals surface area contributed by atoms with Gasteiger partial charge in [-0.3, -0.25) is 19.4 Å². The van der Waals surface area contributed by atoms with E-state index in [-0.39, 0.29) is 29.2 Å². The first-order valence-electron chi connectivity index (χ1n) is 11.9.